The molecule has 0 aromatic rings. The van der Waals surface area contributed by atoms with Crippen LogP contribution in [0.2, 0.25) is 0 Å². The van der Waals surface area contributed by atoms with Crippen LogP contribution in [0.3, 0.4) is 0 Å². The maximum absolute atomic E-state index is 11.6. The molecule has 2 fully saturated rings. The molecule has 0 spiro atoms. The molecule has 1 aliphatic heterocycles. The largest absolute Gasteiger partial charge is 0.373 e. The van der Waals surface area contributed by atoms with Crippen LogP contribution in [0.1, 0.15) is 33.1 Å². The van der Waals surface area contributed by atoms with Crippen molar-refractivity contribution < 1.29 is 9.53 Å². The summed E-state index contributed by atoms with van der Waals surface area (Å²) in [7, 11) is 0. The fourth-order valence-corrected chi connectivity index (χ4v) is 2.83. The molecule has 1 saturated carbocycles. The Hall–Kier alpha value is -0.410. The number of hydrogen-bond donors (Lipinski definition) is 0. The fraction of sp³-hybridized carbons (Fsp3) is 0.917. The van der Waals surface area contributed by atoms with Crippen LogP contribution < -0.4 is 0 Å². The van der Waals surface area contributed by atoms with Gasteiger partial charge in [0.25, 0.3) is 0 Å². The molecule has 1 saturated heterocycles. The van der Waals surface area contributed by atoms with Gasteiger partial charge in [-0.15, -0.1) is 0 Å². The fourth-order valence-electron chi connectivity index (χ4n) is 2.83. The van der Waals surface area contributed by atoms with Crippen molar-refractivity contribution in [3.8, 4) is 0 Å². The highest BCUT2D eigenvalue weighted by Crippen LogP contribution is 2.23. The van der Waals surface area contributed by atoms with Gasteiger partial charge in [0.1, 0.15) is 5.78 Å². The number of ketones is 1. The first-order valence-electron chi connectivity index (χ1n) is 6.05. The summed E-state index contributed by atoms with van der Waals surface area (Å²) in [5, 5.41) is 0. The summed E-state index contributed by atoms with van der Waals surface area (Å²) >= 11 is 0. The van der Waals surface area contributed by atoms with E-state index in [1.165, 1.54) is 0 Å². The topological polar surface area (TPSA) is 29.5 Å². The zero-order valence-electron chi connectivity index (χ0n) is 9.74. The van der Waals surface area contributed by atoms with Gasteiger partial charge in [-0.25, -0.2) is 0 Å². The Labute approximate surface area is 91.8 Å². The highest BCUT2D eigenvalue weighted by Gasteiger charge is 2.29. The van der Waals surface area contributed by atoms with Crippen LogP contribution >= 0.6 is 0 Å². The van der Waals surface area contributed by atoms with Crippen molar-refractivity contribution in [3.63, 3.8) is 0 Å². The lowest BCUT2D eigenvalue weighted by Crippen LogP contribution is -2.47. The van der Waals surface area contributed by atoms with E-state index < -0.39 is 0 Å². The van der Waals surface area contributed by atoms with Gasteiger partial charge in [0.05, 0.1) is 12.2 Å². The van der Waals surface area contributed by atoms with Gasteiger partial charge >= 0.3 is 0 Å². The van der Waals surface area contributed by atoms with Crippen LogP contribution in [-0.2, 0) is 9.53 Å². The highest BCUT2D eigenvalue weighted by molar-refractivity contribution is 5.83. The van der Waals surface area contributed by atoms with Crippen LogP contribution in [0, 0.1) is 5.92 Å². The van der Waals surface area contributed by atoms with E-state index in [9.17, 15) is 4.79 Å². The van der Waals surface area contributed by atoms with Crippen LogP contribution in [0.4, 0.5) is 0 Å². The quantitative estimate of drug-likeness (QED) is 0.692. The van der Waals surface area contributed by atoms with Crippen molar-refractivity contribution in [3.05, 3.63) is 0 Å². The first kappa shape index (κ1) is 11.1. The standard InChI is InChI=1S/C12H21NO2/c1-9-6-13(7-10(2)15-9)8-11-4-3-5-12(11)14/h9-11H,3-8H2,1-2H3. The first-order valence-corrected chi connectivity index (χ1v) is 6.05. The molecule has 86 valence electrons. The number of morpholine rings is 1. The molecule has 3 heteroatoms. The van der Waals surface area contributed by atoms with Gasteiger partial charge in [0.2, 0.25) is 0 Å². The molecule has 3 unspecified atom stereocenters. The Balaban J connectivity index is 1.85. The van der Waals surface area contributed by atoms with E-state index >= 15 is 0 Å². The van der Waals surface area contributed by atoms with E-state index in [2.05, 4.69) is 18.7 Å². The molecule has 0 aromatic heterocycles. The molecule has 3 nitrogen and oxygen atoms in total. The van der Waals surface area contributed by atoms with Crippen LogP contribution in [0.15, 0.2) is 0 Å². The molecular formula is C12H21NO2. The van der Waals surface area contributed by atoms with Gasteiger partial charge in [0, 0.05) is 32.0 Å². The lowest BCUT2D eigenvalue weighted by molar-refractivity contribution is -0.122. The Bertz CT molecular complexity index is 232. The number of nitrogens with zero attached hydrogens (tertiary/aromatic N) is 1. The average molecular weight is 211 g/mol. The normalized spacial score (nSPS) is 38.5. The van der Waals surface area contributed by atoms with E-state index in [0.29, 0.717) is 23.9 Å². The third-order valence-electron chi connectivity index (χ3n) is 3.40. The molecule has 2 rings (SSSR count). The van der Waals surface area contributed by atoms with E-state index in [1.807, 2.05) is 0 Å². The van der Waals surface area contributed by atoms with E-state index in [0.717, 1.165) is 38.9 Å². The van der Waals surface area contributed by atoms with Crippen molar-refractivity contribution in [1.29, 1.82) is 0 Å². The molecule has 1 aliphatic carbocycles. The molecule has 0 radical (unpaired) electrons. The minimum absolute atomic E-state index is 0.308. The molecule has 1 heterocycles. The summed E-state index contributed by atoms with van der Waals surface area (Å²) in [6.45, 7) is 7.14. The predicted octanol–water partition coefficient (Wildman–Crippen LogP) is 1.46. The summed E-state index contributed by atoms with van der Waals surface area (Å²) in [5.74, 6) is 0.782. The Morgan fingerprint density at radius 1 is 1.33 bits per heavy atom. The predicted molar refractivity (Wildman–Crippen MR) is 58.8 cm³/mol. The van der Waals surface area contributed by atoms with Crippen molar-refractivity contribution >= 4 is 5.78 Å². The Kier molecular flexibility index (Phi) is 3.42. The van der Waals surface area contributed by atoms with Crippen LogP contribution in [-0.4, -0.2) is 42.5 Å². The minimum atomic E-state index is 0.308. The second-order valence-corrected chi connectivity index (χ2v) is 5.03. The minimum Gasteiger partial charge on any atom is -0.373 e. The zero-order valence-corrected chi connectivity index (χ0v) is 9.74. The Morgan fingerprint density at radius 3 is 2.53 bits per heavy atom. The smallest absolute Gasteiger partial charge is 0.137 e. The molecule has 3 atom stereocenters. The van der Waals surface area contributed by atoms with Crippen molar-refractivity contribution in [2.75, 3.05) is 19.6 Å². The summed E-state index contributed by atoms with van der Waals surface area (Å²) in [6, 6.07) is 0. The number of hydrogen-bond acceptors (Lipinski definition) is 3. The van der Waals surface area contributed by atoms with Crippen molar-refractivity contribution in [2.24, 2.45) is 5.92 Å². The third kappa shape index (κ3) is 2.79. The van der Waals surface area contributed by atoms with Gasteiger partial charge < -0.3 is 4.74 Å². The second-order valence-electron chi connectivity index (χ2n) is 5.03. The molecule has 0 aromatic carbocycles. The number of rotatable bonds is 2. The molecule has 0 N–H and O–H groups in total. The highest BCUT2D eigenvalue weighted by atomic mass is 16.5. The molecule has 15 heavy (non-hydrogen) atoms. The molecule has 0 amide bonds. The zero-order chi connectivity index (χ0) is 10.8. The van der Waals surface area contributed by atoms with Crippen molar-refractivity contribution in [1.82, 2.24) is 4.90 Å². The molecular weight excluding hydrogens is 190 g/mol. The lowest BCUT2D eigenvalue weighted by Gasteiger charge is -2.36. The lowest BCUT2D eigenvalue weighted by atomic mass is 10.1. The SMILES string of the molecule is CC1CN(CC2CCCC2=O)CC(C)O1. The van der Waals surface area contributed by atoms with Gasteiger partial charge in [0.15, 0.2) is 0 Å². The first-order chi connectivity index (χ1) is 7.15. The van der Waals surface area contributed by atoms with E-state index in [-0.39, 0.29) is 0 Å². The maximum atomic E-state index is 11.6. The van der Waals surface area contributed by atoms with Gasteiger partial charge in [-0.1, -0.05) is 0 Å². The second kappa shape index (κ2) is 4.62. The molecule has 0 bridgehead atoms. The average Bonchev–Trinajstić information content (AvgIpc) is 2.50. The number of Topliss-reactive ketones (excluding diaryl/α,β-unsaturated/α-hetero) is 1. The van der Waals surface area contributed by atoms with Gasteiger partial charge in [-0.2, -0.15) is 0 Å². The van der Waals surface area contributed by atoms with Crippen LogP contribution in [0.25, 0.3) is 0 Å². The van der Waals surface area contributed by atoms with E-state index in [4.69, 9.17) is 4.74 Å². The Morgan fingerprint density at radius 2 is 2.00 bits per heavy atom. The van der Waals surface area contributed by atoms with Crippen LogP contribution in [0.5, 0.6) is 0 Å². The summed E-state index contributed by atoms with van der Waals surface area (Å²) in [4.78, 5) is 13.9. The van der Waals surface area contributed by atoms with Crippen molar-refractivity contribution in [2.45, 2.75) is 45.3 Å². The maximum Gasteiger partial charge on any atom is 0.137 e. The molecule has 2 aliphatic rings. The number of ether oxygens (including phenoxy) is 1. The monoisotopic (exact) mass is 211 g/mol. The van der Waals surface area contributed by atoms with Gasteiger partial charge in [-0.05, 0) is 26.7 Å². The number of carbonyl (C=O) groups excluding carboxylic acids is 1. The third-order valence-corrected chi connectivity index (χ3v) is 3.40. The summed E-state index contributed by atoms with van der Waals surface area (Å²) in [6.07, 6.45) is 3.62. The summed E-state index contributed by atoms with van der Waals surface area (Å²) < 4.78 is 5.68. The summed E-state index contributed by atoms with van der Waals surface area (Å²) in [5.41, 5.74) is 0. The number of carbonyl (C=O) groups is 1. The van der Waals surface area contributed by atoms with Gasteiger partial charge in [-0.3, -0.25) is 9.69 Å². The van der Waals surface area contributed by atoms with E-state index in [1.54, 1.807) is 0 Å².